The highest BCUT2D eigenvalue weighted by molar-refractivity contribution is 7.90. The van der Waals surface area contributed by atoms with E-state index >= 15 is 0 Å². The van der Waals surface area contributed by atoms with Crippen molar-refractivity contribution in [1.82, 2.24) is 14.7 Å². The fourth-order valence-electron chi connectivity index (χ4n) is 4.53. The van der Waals surface area contributed by atoms with Gasteiger partial charge in [0.15, 0.2) is 5.79 Å². The zero-order valence-electron chi connectivity index (χ0n) is 22.4. The van der Waals surface area contributed by atoms with Crippen LogP contribution in [-0.2, 0) is 26.4 Å². The molecule has 3 atom stereocenters. The Hall–Kier alpha value is -2.04. The van der Waals surface area contributed by atoms with Gasteiger partial charge in [0.1, 0.15) is 16.4 Å². The van der Waals surface area contributed by atoms with Gasteiger partial charge in [-0.25, -0.2) is 0 Å². The first-order valence-corrected chi connectivity index (χ1v) is 14.8. The van der Waals surface area contributed by atoms with Crippen LogP contribution in [-0.4, -0.2) is 31.7 Å². The number of fused-ring (bicyclic) bond motifs is 1. The summed E-state index contributed by atoms with van der Waals surface area (Å²) in [4.78, 5) is 10.2. The van der Waals surface area contributed by atoms with Gasteiger partial charge < -0.3 is 14.0 Å². The van der Waals surface area contributed by atoms with Gasteiger partial charge in [-0.1, -0.05) is 29.8 Å². The third kappa shape index (κ3) is 5.49. The van der Waals surface area contributed by atoms with Crippen LogP contribution >= 0.6 is 22.9 Å². The lowest BCUT2D eigenvalue weighted by atomic mass is 9.96. The molecule has 0 amide bonds. The van der Waals surface area contributed by atoms with Gasteiger partial charge in [0.2, 0.25) is 0 Å². The molecule has 1 aliphatic heterocycles. The summed E-state index contributed by atoms with van der Waals surface area (Å²) >= 11 is 6.87. The Kier molecular flexibility index (Phi) is 7.37. The third-order valence-electron chi connectivity index (χ3n) is 6.50. The lowest BCUT2D eigenvalue weighted by Gasteiger charge is -2.27. The number of benzene rings is 1. The second-order valence-electron chi connectivity index (χ2n) is 11.1. The summed E-state index contributed by atoms with van der Waals surface area (Å²) in [5.41, 5.74) is 2.98. The summed E-state index contributed by atoms with van der Waals surface area (Å²) in [5, 5.41) is 1.60. The molecule has 1 N–H and O–H groups in total. The predicted molar refractivity (Wildman–Crippen MR) is 156 cm³/mol. The van der Waals surface area contributed by atoms with Crippen LogP contribution < -0.4 is 4.72 Å². The number of rotatable bonds is 6. The van der Waals surface area contributed by atoms with Crippen LogP contribution in [0.15, 0.2) is 60.9 Å². The lowest BCUT2D eigenvalue weighted by molar-refractivity contribution is -0.159. The molecule has 0 bridgehead atoms. The minimum atomic E-state index is -1.34. The molecule has 1 fully saturated rings. The van der Waals surface area contributed by atoms with Gasteiger partial charge in [-0.15, -0.1) is 16.1 Å². The highest BCUT2D eigenvalue weighted by atomic mass is 35.5. The Bertz CT molecular complexity index is 1470. The molecule has 0 radical (unpaired) electrons. The molecule has 2 unspecified atom stereocenters. The number of aromatic nitrogens is 2. The van der Waals surface area contributed by atoms with E-state index in [-0.39, 0.29) is 0 Å². The van der Waals surface area contributed by atoms with Crippen molar-refractivity contribution in [1.29, 1.82) is 0 Å². The van der Waals surface area contributed by atoms with Crippen LogP contribution in [0.25, 0.3) is 21.3 Å². The number of halogens is 1. The van der Waals surface area contributed by atoms with Crippen LogP contribution in [0.5, 0.6) is 0 Å². The van der Waals surface area contributed by atoms with Gasteiger partial charge >= 0.3 is 0 Å². The quantitative estimate of drug-likeness (QED) is 0.248. The molecule has 5 rings (SSSR count). The van der Waals surface area contributed by atoms with Crippen LogP contribution in [0.1, 0.15) is 63.7 Å². The first-order chi connectivity index (χ1) is 17.9. The number of nitrogens with one attached hydrogen (secondary N) is 1. The number of ether oxygens (including phenoxy) is 2. The average molecular weight is 570 g/mol. The summed E-state index contributed by atoms with van der Waals surface area (Å²) in [6, 6.07) is 15.6. The average Bonchev–Trinajstić information content (AvgIpc) is 3.42. The fourth-order valence-corrected chi connectivity index (χ4v) is 6.88. The topological polar surface area (TPSA) is 79.3 Å². The molecule has 1 aliphatic rings. The molecule has 0 aliphatic carbocycles. The lowest BCUT2D eigenvalue weighted by Crippen LogP contribution is -2.41. The maximum absolute atomic E-state index is 13.2. The summed E-state index contributed by atoms with van der Waals surface area (Å²) in [5.74, 6) is -0.636. The van der Waals surface area contributed by atoms with Gasteiger partial charge in [0.05, 0.1) is 23.0 Å². The summed E-state index contributed by atoms with van der Waals surface area (Å²) in [6.45, 7) is 12.2. The highest BCUT2D eigenvalue weighted by Crippen LogP contribution is 2.42. The predicted octanol–water partition coefficient (Wildman–Crippen LogP) is 7.15. The molecule has 1 aromatic carbocycles. The van der Waals surface area contributed by atoms with Crippen molar-refractivity contribution in [3.05, 3.63) is 82.1 Å². The minimum Gasteiger partial charge on any atom is -0.598 e. The van der Waals surface area contributed by atoms with Crippen LogP contribution in [0.2, 0.25) is 5.02 Å². The molecule has 6 nitrogen and oxygen atoms in total. The Morgan fingerprint density at radius 1 is 1.08 bits per heavy atom. The molecule has 0 saturated carbocycles. The number of hydrogen-bond donors (Lipinski definition) is 1. The Morgan fingerprint density at radius 2 is 1.87 bits per heavy atom. The summed E-state index contributed by atoms with van der Waals surface area (Å²) in [6.07, 6.45) is 3.53. The maximum Gasteiger partial charge on any atom is 0.164 e. The van der Waals surface area contributed by atoms with E-state index in [1.807, 2.05) is 65.9 Å². The minimum absolute atomic E-state index is 0.432. The van der Waals surface area contributed by atoms with Crippen molar-refractivity contribution >= 4 is 44.4 Å². The van der Waals surface area contributed by atoms with E-state index in [1.54, 1.807) is 23.6 Å². The van der Waals surface area contributed by atoms with Crippen LogP contribution in [0.3, 0.4) is 0 Å². The fraction of sp³-hybridized carbons (Fsp3) is 0.379. The van der Waals surface area contributed by atoms with E-state index in [0.29, 0.717) is 17.3 Å². The second-order valence-corrected chi connectivity index (χ2v) is 14.6. The van der Waals surface area contributed by atoms with E-state index in [2.05, 4.69) is 34.0 Å². The SMILES string of the molecule is CC1(C)OCC(C)(c2ccnc(-c3cccc4cc(C(N[S@@+]([O-])C(C)(C)C)c5ncccc5Cl)sc34)c2)O1. The summed E-state index contributed by atoms with van der Waals surface area (Å²) in [7, 11) is 0. The Labute approximate surface area is 236 Å². The number of nitrogens with zero attached hydrogens (tertiary/aromatic N) is 2. The van der Waals surface area contributed by atoms with Gasteiger partial charge in [-0.2, -0.15) is 0 Å². The normalized spacial score (nSPS) is 21.1. The number of pyridine rings is 2. The number of thiophene rings is 1. The molecule has 1 saturated heterocycles. The van der Waals surface area contributed by atoms with Crippen molar-refractivity contribution < 1.29 is 14.0 Å². The molecule has 9 heteroatoms. The van der Waals surface area contributed by atoms with Gasteiger partial charge in [0.25, 0.3) is 0 Å². The first-order valence-electron chi connectivity index (χ1n) is 12.5. The van der Waals surface area contributed by atoms with Gasteiger partial charge in [0, 0.05) is 38.9 Å². The van der Waals surface area contributed by atoms with E-state index in [9.17, 15) is 4.55 Å². The molecule has 0 spiro atoms. The van der Waals surface area contributed by atoms with Crippen molar-refractivity contribution in [2.24, 2.45) is 0 Å². The molecule has 3 aromatic heterocycles. The van der Waals surface area contributed by atoms with E-state index in [4.69, 9.17) is 26.1 Å². The molecular weight excluding hydrogens is 538 g/mol. The molecule has 4 aromatic rings. The van der Waals surface area contributed by atoms with Crippen LogP contribution in [0, 0.1) is 0 Å². The molecule has 200 valence electrons. The zero-order valence-corrected chi connectivity index (χ0v) is 24.8. The van der Waals surface area contributed by atoms with E-state index in [1.165, 1.54) is 0 Å². The third-order valence-corrected chi connectivity index (χ3v) is 9.63. The highest BCUT2D eigenvalue weighted by Gasteiger charge is 2.43. The number of hydrogen-bond acceptors (Lipinski definition) is 7. The van der Waals surface area contributed by atoms with Crippen LogP contribution in [0.4, 0.5) is 0 Å². The largest absolute Gasteiger partial charge is 0.598 e. The summed E-state index contributed by atoms with van der Waals surface area (Å²) < 4.78 is 29.2. The van der Waals surface area contributed by atoms with Gasteiger partial charge in [-0.3, -0.25) is 9.97 Å². The molecule has 38 heavy (non-hydrogen) atoms. The van der Waals surface area contributed by atoms with Gasteiger partial charge in [-0.05, 0) is 82.8 Å². The standard InChI is InChI=1S/C29H32ClN3O3S2/c1-27(2,3)38(34)33-25(24-21(30)11-8-13-32-24)23-15-18-9-7-10-20(26(18)37-23)22-16-19(12-14-31-22)29(6)17-35-28(4,5)36-29/h7-16,25,33H,17H2,1-6H3/t25?,29?,38-/m0/s1. The van der Waals surface area contributed by atoms with Crippen molar-refractivity contribution in [3.63, 3.8) is 0 Å². The van der Waals surface area contributed by atoms with Crippen molar-refractivity contribution in [2.75, 3.05) is 6.61 Å². The molecular formula is C29H32ClN3O3S2. The van der Waals surface area contributed by atoms with Crippen molar-refractivity contribution in [3.8, 4) is 11.3 Å². The second kappa shape index (κ2) is 10.2. The van der Waals surface area contributed by atoms with E-state index in [0.717, 1.165) is 31.8 Å². The molecule has 4 heterocycles. The van der Waals surface area contributed by atoms with E-state index < -0.39 is 33.5 Å². The monoisotopic (exact) mass is 569 g/mol. The Morgan fingerprint density at radius 3 is 2.55 bits per heavy atom. The maximum atomic E-state index is 13.2. The first kappa shape index (κ1) is 27.5. The van der Waals surface area contributed by atoms with Crippen molar-refractivity contribution in [2.45, 2.75) is 63.7 Å². The Balaban J connectivity index is 1.58. The smallest absolute Gasteiger partial charge is 0.164 e. The zero-order chi connectivity index (χ0) is 27.3.